The third-order valence-electron chi connectivity index (χ3n) is 3.11. The second kappa shape index (κ2) is 8.52. The molecule has 5 heteroatoms. The zero-order chi connectivity index (χ0) is 15.8. The third kappa shape index (κ3) is 5.63. The summed E-state index contributed by atoms with van der Waals surface area (Å²) >= 11 is 0. The van der Waals surface area contributed by atoms with Crippen LogP contribution in [0.5, 0.6) is 5.75 Å². The second-order valence-corrected chi connectivity index (χ2v) is 5.11. The Morgan fingerprint density at radius 1 is 1.33 bits per heavy atom. The molecule has 0 radical (unpaired) electrons. The Morgan fingerprint density at radius 2 is 2.00 bits per heavy atom. The van der Waals surface area contributed by atoms with Gasteiger partial charge in [-0.15, -0.1) is 0 Å². The summed E-state index contributed by atoms with van der Waals surface area (Å²) in [4.78, 5) is 13.5. The minimum Gasteiger partial charge on any atom is -0.491 e. The first-order valence-corrected chi connectivity index (χ1v) is 7.45. The molecule has 0 bridgehead atoms. The van der Waals surface area contributed by atoms with Crippen LogP contribution < -0.4 is 10.1 Å². The van der Waals surface area contributed by atoms with E-state index in [9.17, 15) is 9.90 Å². The van der Waals surface area contributed by atoms with E-state index in [2.05, 4.69) is 5.32 Å². The van der Waals surface area contributed by atoms with Gasteiger partial charge in [-0.25, -0.2) is 4.79 Å². The number of nitrogens with one attached hydrogen (secondary N) is 1. The number of amides is 2. The van der Waals surface area contributed by atoms with E-state index < -0.39 is 6.10 Å². The van der Waals surface area contributed by atoms with Gasteiger partial charge in [0.15, 0.2) is 0 Å². The van der Waals surface area contributed by atoms with Crippen LogP contribution in [0, 0.1) is 0 Å². The Balaban J connectivity index is 2.59. The standard InChI is InChI=1S/C16H26N2O3/c1-5-18(6-2)16(20)17-11-15(19)13-8-7-9-14(10-13)21-12(3)4/h7-10,12,15,19H,5-6,11H2,1-4H3,(H,17,20). The van der Waals surface area contributed by atoms with Crippen LogP contribution in [0.1, 0.15) is 39.4 Å². The highest BCUT2D eigenvalue weighted by molar-refractivity contribution is 5.74. The van der Waals surface area contributed by atoms with Gasteiger partial charge in [0, 0.05) is 19.6 Å². The Kier molecular flexibility index (Phi) is 7.02. The molecule has 0 saturated carbocycles. The van der Waals surface area contributed by atoms with Gasteiger partial charge in [0.25, 0.3) is 0 Å². The summed E-state index contributed by atoms with van der Waals surface area (Å²) < 4.78 is 5.60. The Bertz CT molecular complexity index is 445. The van der Waals surface area contributed by atoms with Crippen LogP contribution in [0.15, 0.2) is 24.3 Å². The number of hydrogen-bond donors (Lipinski definition) is 2. The Hall–Kier alpha value is -1.75. The minimum atomic E-state index is -0.750. The molecule has 1 unspecified atom stereocenters. The van der Waals surface area contributed by atoms with Gasteiger partial charge in [-0.3, -0.25) is 0 Å². The van der Waals surface area contributed by atoms with Gasteiger partial charge in [-0.05, 0) is 45.4 Å². The normalized spacial score (nSPS) is 12.1. The first-order valence-electron chi connectivity index (χ1n) is 7.45. The lowest BCUT2D eigenvalue weighted by molar-refractivity contribution is 0.163. The van der Waals surface area contributed by atoms with Gasteiger partial charge in [0.05, 0.1) is 12.2 Å². The van der Waals surface area contributed by atoms with E-state index in [0.717, 1.165) is 11.3 Å². The summed E-state index contributed by atoms with van der Waals surface area (Å²) in [7, 11) is 0. The molecule has 1 atom stereocenters. The SMILES string of the molecule is CCN(CC)C(=O)NCC(O)c1cccc(OC(C)C)c1. The monoisotopic (exact) mass is 294 g/mol. The first kappa shape index (κ1) is 17.3. The quantitative estimate of drug-likeness (QED) is 0.812. The first-order chi connectivity index (χ1) is 9.97. The van der Waals surface area contributed by atoms with Crippen molar-refractivity contribution >= 4 is 6.03 Å². The highest BCUT2D eigenvalue weighted by Gasteiger charge is 2.13. The maximum absolute atomic E-state index is 11.8. The molecule has 0 aliphatic heterocycles. The fraction of sp³-hybridized carbons (Fsp3) is 0.562. The highest BCUT2D eigenvalue weighted by Crippen LogP contribution is 2.19. The van der Waals surface area contributed by atoms with E-state index in [4.69, 9.17) is 4.74 Å². The number of carbonyl (C=O) groups excluding carboxylic acids is 1. The van der Waals surface area contributed by atoms with Crippen molar-refractivity contribution in [3.63, 3.8) is 0 Å². The number of urea groups is 1. The molecule has 5 nitrogen and oxygen atoms in total. The number of aliphatic hydroxyl groups excluding tert-OH is 1. The average molecular weight is 294 g/mol. The molecule has 0 heterocycles. The summed E-state index contributed by atoms with van der Waals surface area (Å²) in [6, 6.07) is 7.15. The summed E-state index contributed by atoms with van der Waals surface area (Å²) in [6.45, 7) is 9.23. The summed E-state index contributed by atoms with van der Waals surface area (Å²) in [5.41, 5.74) is 0.730. The maximum Gasteiger partial charge on any atom is 0.317 e. The Labute approximate surface area is 126 Å². The summed E-state index contributed by atoms with van der Waals surface area (Å²) in [5, 5.41) is 12.9. The van der Waals surface area contributed by atoms with E-state index in [1.807, 2.05) is 45.9 Å². The number of aliphatic hydroxyl groups is 1. The second-order valence-electron chi connectivity index (χ2n) is 5.11. The molecule has 2 N–H and O–H groups in total. The van der Waals surface area contributed by atoms with Crippen LogP contribution in [0.2, 0.25) is 0 Å². The van der Waals surface area contributed by atoms with Gasteiger partial charge in [0.2, 0.25) is 0 Å². The zero-order valence-electron chi connectivity index (χ0n) is 13.3. The molecule has 21 heavy (non-hydrogen) atoms. The molecule has 0 aromatic heterocycles. The number of ether oxygens (including phenoxy) is 1. The maximum atomic E-state index is 11.8. The van der Waals surface area contributed by atoms with Crippen molar-refractivity contribution in [3.05, 3.63) is 29.8 Å². The minimum absolute atomic E-state index is 0.0831. The molecule has 0 aliphatic carbocycles. The highest BCUT2D eigenvalue weighted by atomic mass is 16.5. The number of rotatable bonds is 7. The van der Waals surface area contributed by atoms with Crippen LogP contribution in [0.25, 0.3) is 0 Å². The van der Waals surface area contributed by atoms with Crippen LogP contribution in [0.4, 0.5) is 4.79 Å². The molecule has 1 aromatic carbocycles. The van der Waals surface area contributed by atoms with Crippen LogP contribution in [0.3, 0.4) is 0 Å². The molecule has 0 spiro atoms. The van der Waals surface area contributed by atoms with Gasteiger partial charge < -0.3 is 20.1 Å². The van der Waals surface area contributed by atoms with Crippen LogP contribution >= 0.6 is 0 Å². The molecule has 1 rings (SSSR count). The predicted molar refractivity (Wildman–Crippen MR) is 83.5 cm³/mol. The molecular formula is C16H26N2O3. The molecule has 1 aromatic rings. The van der Waals surface area contributed by atoms with Crippen molar-refractivity contribution in [2.75, 3.05) is 19.6 Å². The Morgan fingerprint density at radius 3 is 2.57 bits per heavy atom. The molecule has 2 amide bonds. The summed E-state index contributed by atoms with van der Waals surface area (Å²) in [5.74, 6) is 0.719. The predicted octanol–water partition coefficient (Wildman–Crippen LogP) is 2.56. The molecule has 0 fully saturated rings. The largest absolute Gasteiger partial charge is 0.491 e. The van der Waals surface area contributed by atoms with E-state index >= 15 is 0 Å². The summed E-state index contributed by atoms with van der Waals surface area (Å²) in [6.07, 6.45) is -0.667. The van der Waals surface area contributed by atoms with Gasteiger partial charge in [0.1, 0.15) is 5.75 Å². The number of benzene rings is 1. The zero-order valence-corrected chi connectivity index (χ0v) is 13.3. The van der Waals surface area contributed by atoms with E-state index in [-0.39, 0.29) is 18.7 Å². The third-order valence-corrected chi connectivity index (χ3v) is 3.11. The van der Waals surface area contributed by atoms with E-state index in [0.29, 0.717) is 13.1 Å². The van der Waals surface area contributed by atoms with Crippen molar-refractivity contribution in [3.8, 4) is 5.75 Å². The number of carbonyl (C=O) groups is 1. The number of hydrogen-bond acceptors (Lipinski definition) is 3. The van der Waals surface area contributed by atoms with Gasteiger partial charge in [-0.2, -0.15) is 0 Å². The molecule has 118 valence electrons. The van der Waals surface area contributed by atoms with Crippen molar-refractivity contribution in [2.24, 2.45) is 0 Å². The topological polar surface area (TPSA) is 61.8 Å². The van der Waals surface area contributed by atoms with Gasteiger partial charge in [-0.1, -0.05) is 12.1 Å². The average Bonchev–Trinajstić information content (AvgIpc) is 2.45. The van der Waals surface area contributed by atoms with E-state index in [1.165, 1.54) is 0 Å². The van der Waals surface area contributed by atoms with Crippen molar-refractivity contribution in [1.29, 1.82) is 0 Å². The fourth-order valence-electron chi connectivity index (χ4n) is 1.99. The lowest BCUT2D eigenvalue weighted by Crippen LogP contribution is -2.41. The van der Waals surface area contributed by atoms with Crippen molar-refractivity contribution < 1.29 is 14.6 Å². The number of nitrogens with zero attached hydrogens (tertiary/aromatic N) is 1. The van der Waals surface area contributed by atoms with E-state index in [1.54, 1.807) is 11.0 Å². The molecule has 0 aliphatic rings. The lowest BCUT2D eigenvalue weighted by atomic mass is 10.1. The van der Waals surface area contributed by atoms with Crippen LogP contribution in [-0.2, 0) is 0 Å². The van der Waals surface area contributed by atoms with Gasteiger partial charge >= 0.3 is 6.03 Å². The van der Waals surface area contributed by atoms with Crippen molar-refractivity contribution in [2.45, 2.75) is 39.9 Å². The van der Waals surface area contributed by atoms with Crippen LogP contribution in [-0.4, -0.2) is 41.8 Å². The fourth-order valence-corrected chi connectivity index (χ4v) is 1.99. The molecular weight excluding hydrogens is 268 g/mol. The smallest absolute Gasteiger partial charge is 0.317 e. The van der Waals surface area contributed by atoms with Crippen molar-refractivity contribution in [1.82, 2.24) is 10.2 Å². The lowest BCUT2D eigenvalue weighted by Gasteiger charge is -2.21. The molecule has 0 saturated heterocycles.